The summed E-state index contributed by atoms with van der Waals surface area (Å²) in [5, 5.41) is 62.8. The number of rotatable bonds is 8. The molecule has 0 aliphatic carbocycles. The fourth-order valence-electron chi connectivity index (χ4n) is 8.70. The van der Waals surface area contributed by atoms with Crippen molar-refractivity contribution in [3.8, 4) is 0 Å². The van der Waals surface area contributed by atoms with Crippen molar-refractivity contribution in [2.45, 2.75) is 179 Å². The van der Waals surface area contributed by atoms with Crippen molar-refractivity contribution in [2.75, 3.05) is 28.3 Å². The van der Waals surface area contributed by atoms with Crippen molar-refractivity contribution >= 4 is 11.7 Å². The minimum atomic E-state index is -1.91. The zero-order valence-corrected chi connectivity index (χ0v) is 34.4. The minimum Gasteiger partial charge on any atom is -0.459 e. The number of ether oxygens (including phenoxy) is 6. The Bertz CT molecular complexity index is 1220. The van der Waals surface area contributed by atoms with Gasteiger partial charge in [0.05, 0.1) is 53.4 Å². The maximum Gasteiger partial charge on any atom is 0.311 e. The van der Waals surface area contributed by atoms with Crippen LogP contribution in [0.4, 0.5) is 0 Å². The van der Waals surface area contributed by atoms with Crippen molar-refractivity contribution in [3.63, 3.8) is 0 Å². The number of cyclic esters (lactones) is 1. The number of aliphatic hydroxyl groups is 5. The van der Waals surface area contributed by atoms with Gasteiger partial charge in [0, 0.05) is 37.3 Å². The molecule has 0 saturated carbocycles. The smallest absolute Gasteiger partial charge is 0.311 e. The predicted molar refractivity (Wildman–Crippen MR) is 196 cm³/mol. The van der Waals surface area contributed by atoms with E-state index in [1.165, 1.54) is 21.1 Å². The van der Waals surface area contributed by atoms with Gasteiger partial charge in [-0.05, 0) is 74.9 Å². The maximum atomic E-state index is 14.2. The van der Waals surface area contributed by atoms with Crippen LogP contribution in [0.25, 0.3) is 0 Å². The zero-order valence-electron chi connectivity index (χ0n) is 34.4. The molecular formula is C38H70N2O13. The van der Waals surface area contributed by atoms with E-state index in [9.17, 15) is 30.3 Å². The van der Waals surface area contributed by atoms with Crippen LogP contribution in [-0.2, 0) is 38.1 Å². The Balaban J connectivity index is 2.23. The third-order valence-electron chi connectivity index (χ3n) is 12.1. The molecule has 3 aliphatic rings. The molecule has 0 radical (unpaired) electrons. The average molecular weight is 763 g/mol. The second-order valence-corrected chi connectivity index (χ2v) is 16.8. The van der Waals surface area contributed by atoms with Gasteiger partial charge < -0.3 is 63.7 Å². The molecule has 310 valence electrons. The molecule has 3 rings (SSSR count). The average Bonchev–Trinajstić information content (AvgIpc) is 3.08. The lowest BCUT2D eigenvalue weighted by Crippen LogP contribution is -2.61. The highest BCUT2D eigenvalue weighted by molar-refractivity contribution is 5.88. The fraction of sp³-hybridized carbons (Fsp3) is 0.947. The van der Waals surface area contributed by atoms with E-state index in [-0.39, 0.29) is 31.4 Å². The summed E-state index contributed by atoms with van der Waals surface area (Å²) in [4.78, 5) is 21.3. The lowest BCUT2D eigenvalue weighted by Gasteiger charge is -2.49. The summed E-state index contributed by atoms with van der Waals surface area (Å²) in [7, 11) is 6.60. The molecule has 15 heteroatoms. The van der Waals surface area contributed by atoms with E-state index in [1.807, 2.05) is 32.8 Å². The fourth-order valence-corrected chi connectivity index (χ4v) is 8.70. The number of nitrogens with zero attached hydrogens (tertiary/aromatic N) is 2. The monoisotopic (exact) mass is 762 g/mol. The Morgan fingerprint density at radius 1 is 0.906 bits per heavy atom. The van der Waals surface area contributed by atoms with Crippen molar-refractivity contribution in [1.29, 1.82) is 0 Å². The van der Waals surface area contributed by atoms with Crippen LogP contribution in [0.5, 0.6) is 0 Å². The molecule has 3 fully saturated rings. The van der Waals surface area contributed by atoms with E-state index in [0.29, 0.717) is 12.1 Å². The van der Waals surface area contributed by atoms with E-state index >= 15 is 0 Å². The topological polar surface area (TPSA) is 198 Å². The molecule has 0 spiro atoms. The van der Waals surface area contributed by atoms with Crippen molar-refractivity contribution < 1.29 is 63.6 Å². The number of oxime groups is 1. The summed E-state index contributed by atoms with van der Waals surface area (Å²) < 4.78 is 37.4. The van der Waals surface area contributed by atoms with Gasteiger partial charge in [-0.3, -0.25) is 4.79 Å². The van der Waals surface area contributed by atoms with Gasteiger partial charge >= 0.3 is 5.97 Å². The van der Waals surface area contributed by atoms with Gasteiger partial charge in [0.1, 0.15) is 31.0 Å². The second kappa shape index (κ2) is 18.2. The van der Waals surface area contributed by atoms with Gasteiger partial charge in [-0.15, -0.1) is 0 Å². The molecule has 18 atom stereocenters. The highest BCUT2D eigenvalue weighted by Crippen LogP contribution is 2.41. The van der Waals surface area contributed by atoms with Crippen LogP contribution >= 0.6 is 0 Å². The molecule has 0 amide bonds. The third-order valence-corrected chi connectivity index (χ3v) is 12.1. The number of aliphatic hydroxyl groups excluding tert-OH is 3. The largest absolute Gasteiger partial charge is 0.459 e. The summed E-state index contributed by atoms with van der Waals surface area (Å²) in [5.74, 6) is -3.90. The molecule has 15 nitrogen and oxygen atoms in total. The summed E-state index contributed by atoms with van der Waals surface area (Å²) in [6.07, 6.45) is -9.08. The molecule has 3 aliphatic heterocycles. The van der Waals surface area contributed by atoms with Gasteiger partial charge in [0.2, 0.25) is 0 Å². The predicted octanol–water partition coefficient (Wildman–Crippen LogP) is 2.22. The van der Waals surface area contributed by atoms with Crippen LogP contribution in [-0.4, -0.2) is 155 Å². The third kappa shape index (κ3) is 10.1. The van der Waals surface area contributed by atoms with E-state index in [1.54, 1.807) is 48.5 Å². The molecule has 0 aromatic rings. The molecule has 3 saturated heterocycles. The summed E-state index contributed by atoms with van der Waals surface area (Å²) in [5.41, 5.74) is -4.30. The normalized spacial score (nSPS) is 49.0. The number of hydrogen-bond donors (Lipinski definition) is 5. The quantitative estimate of drug-likeness (QED) is 0.178. The highest BCUT2D eigenvalue weighted by Gasteiger charge is 2.53. The Morgan fingerprint density at radius 2 is 1.53 bits per heavy atom. The molecule has 0 aromatic heterocycles. The minimum absolute atomic E-state index is 0.0204. The summed E-state index contributed by atoms with van der Waals surface area (Å²) in [6.45, 7) is 17.0. The SMILES string of the molecule is CCC1OC(=O)[C@@H](C)C(O[C@H]2C[C@@](C)(OC)[C@@H](O)[C@H](C)O2)[C@H](C)[C@@H](O[C@@H]2O[C@H](C)C[C@H](N(C)C)[C@H]2O)[C@](C)(O)C[C@@H](C)/C(=N\OC)[C@H](C)[C@@H](O)[C@]1(C)O. The molecule has 2 unspecified atom stereocenters. The lowest BCUT2D eigenvalue weighted by molar-refractivity contribution is -0.317. The zero-order chi connectivity index (χ0) is 40.4. The Labute approximate surface area is 316 Å². The van der Waals surface area contributed by atoms with Gasteiger partial charge in [-0.2, -0.15) is 0 Å². The first-order valence-electron chi connectivity index (χ1n) is 19.1. The van der Waals surface area contributed by atoms with Crippen molar-refractivity contribution in [3.05, 3.63) is 0 Å². The lowest BCUT2D eigenvalue weighted by atomic mass is 9.73. The van der Waals surface area contributed by atoms with Crippen LogP contribution in [0.1, 0.15) is 94.9 Å². The Kier molecular flexibility index (Phi) is 15.7. The van der Waals surface area contributed by atoms with Crippen molar-refractivity contribution in [1.82, 2.24) is 4.90 Å². The van der Waals surface area contributed by atoms with Crippen LogP contribution in [0.2, 0.25) is 0 Å². The Morgan fingerprint density at radius 3 is 2.08 bits per heavy atom. The Hall–Kier alpha value is -1.50. The second-order valence-electron chi connectivity index (χ2n) is 16.8. The molecular weight excluding hydrogens is 692 g/mol. The van der Waals surface area contributed by atoms with Crippen LogP contribution in [0.15, 0.2) is 5.16 Å². The highest BCUT2D eigenvalue weighted by atomic mass is 16.7. The number of hydrogen-bond acceptors (Lipinski definition) is 15. The van der Waals surface area contributed by atoms with E-state index in [4.69, 9.17) is 33.3 Å². The number of methoxy groups -OCH3 is 1. The van der Waals surface area contributed by atoms with Crippen LogP contribution in [0, 0.1) is 23.7 Å². The van der Waals surface area contributed by atoms with Gasteiger partial charge in [0.15, 0.2) is 12.6 Å². The van der Waals surface area contributed by atoms with E-state index in [2.05, 4.69) is 5.16 Å². The standard InChI is InChI=1S/C38H70N2O13/c1-15-26-38(10,46)31(42)21(4)28(39-48-14)19(2)17-36(8,45)33(53-35-29(41)25(40(11)12)16-20(3)49-35)22(5)30(23(6)34(44)51-26)52-27-18-37(9,47-13)32(43)24(7)50-27/h19-27,29-33,35,41-43,45-46H,15-18H2,1-14H3/b39-28+/t19-,20-,21+,22+,23+,24+,25+,26?,27+,29-,30?,31-,32+,33-,35+,36-,37-,38-/m1/s1. The maximum absolute atomic E-state index is 14.2. The first kappa shape index (κ1) is 45.9. The first-order valence-corrected chi connectivity index (χ1v) is 19.1. The number of esters is 1. The van der Waals surface area contributed by atoms with Crippen LogP contribution in [0.3, 0.4) is 0 Å². The molecule has 0 bridgehead atoms. The summed E-state index contributed by atoms with van der Waals surface area (Å²) >= 11 is 0. The molecule has 0 aromatic carbocycles. The number of carbonyl (C=O) groups excluding carboxylic acids is 1. The first-order chi connectivity index (χ1) is 24.5. The molecule has 5 N–H and O–H groups in total. The number of carbonyl (C=O) groups is 1. The van der Waals surface area contributed by atoms with E-state index in [0.717, 1.165) is 0 Å². The van der Waals surface area contributed by atoms with Gasteiger partial charge in [0.25, 0.3) is 0 Å². The van der Waals surface area contributed by atoms with E-state index < -0.39 is 102 Å². The molecule has 53 heavy (non-hydrogen) atoms. The number of likely N-dealkylation sites (N-methyl/N-ethyl adjacent to an activating group) is 1. The van der Waals surface area contributed by atoms with Crippen LogP contribution < -0.4 is 0 Å². The van der Waals surface area contributed by atoms with Gasteiger partial charge in [-0.25, -0.2) is 0 Å². The summed E-state index contributed by atoms with van der Waals surface area (Å²) in [6, 6.07) is -0.306. The molecule has 3 heterocycles. The van der Waals surface area contributed by atoms with Gasteiger partial charge in [-0.1, -0.05) is 32.9 Å². The van der Waals surface area contributed by atoms with Crippen molar-refractivity contribution in [2.24, 2.45) is 28.8 Å².